The van der Waals surface area contributed by atoms with Crippen molar-refractivity contribution in [1.82, 2.24) is 19.6 Å². The van der Waals surface area contributed by atoms with Gasteiger partial charge >= 0.3 is 0 Å². The molecule has 1 N–H and O–H groups in total. The highest BCUT2D eigenvalue weighted by molar-refractivity contribution is 5.83. The van der Waals surface area contributed by atoms with Crippen LogP contribution in [0.15, 0.2) is 36.8 Å². The molecule has 31 heavy (non-hydrogen) atoms. The van der Waals surface area contributed by atoms with Crippen LogP contribution in [-0.2, 0) is 6.54 Å². The first-order chi connectivity index (χ1) is 15.1. The number of halogens is 2. The first kappa shape index (κ1) is 18.1. The molecule has 0 unspecified atom stereocenters. The Bertz CT molecular complexity index is 1350. The summed E-state index contributed by atoms with van der Waals surface area (Å²) in [5.41, 5.74) is 3.83. The summed E-state index contributed by atoms with van der Waals surface area (Å²) in [6.07, 6.45) is 2.73. The minimum atomic E-state index is -0.442. The van der Waals surface area contributed by atoms with Gasteiger partial charge in [-0.3, -0.25) is 9.38 Å². The van der Waals surface area contributed by atoms with Crippen molar-refractivity contribution in [3.8, 4) is 22.6 Å². The maximum absolute atomic E-state index is 14.7. The van der Waals surface area contributed by atoms with E-state index in [4.69, 9.17) is 9.47 Å². The summed E-state index contributed by atoms with van der Waals surface area (Å²) in [6.45, 7) is 2.79. The molecule has 7 nitrogen and oxygen atoms in total. The molecule has 3 aromatic heterocycles. The number of ether oxygens (including phenoxy) is 2. The molecule has 0 aliphatic carbocycles. The van der Waals surface area contributed by atoms with Gasteiger partial charge in [0, 0.05) is 34.5 Å². The first-order valence-corrected chi connectivity index (χ1v) is 9.90. The molecule has 0 spiro atoms. The van der Waals surface area contributed by atoms with Crippen LogP contribution in [0.1, 0.15) is 22.7 Å². The summed E-state index contributed by atoms with van der Waals surface area (Å²) in [5, 5.41) is 11.5. The first-order valence-electron chi connectivity index (χ1n) is 9.90. The molecule has 2 aliphatic heterocycles. The van der Waals surface area contributed by atoms with E-state index in [0.717, 1.165) is 5.56 Å². The van der Waals surface area contributed by atoms with Crippen LogP contribution < -0.4 is 14.8 Å². The van der Waals surface area contributed by atoms with Crippen LogP contribution in [0.5, 0.6) is 11.5 Å². The summed E-state index contributed by atoms with van der Waals surface area (Å²) in [5.74, 6) is 1.00. The lowest BCUT2D eigenvalue weighted by Crippen LogP contribution is -2.13. The van der Waals surface area contributed by atoms with E-state index in [0.29, 0.717) is 58.6 Å². The molecule has 0 saturated carbocycles. The minimum absolute atomic E-state index is 0.0916. The van der Waals surface area contributed by atoms with Crippen LogP contribution >= 0.6 is 0 Å². The van der Waals surface area contributed by atoms with Crippen molar-refractivity contribution in [3.63, 3.8) is 0 Å². The third kappa shape index (κ3) is 2.73. The van der Waals surface area contributed by atoms with Crippen LogP contribution in [0, 0.1) is 18.6 Å². The van der Waals surface area contributed by atoms with Gasteiger partial charge in [0.2, 0.25) is 0 Å². The maximum Gasteiger partial charge on any atom is 0.170 e. The number of anilines is 1. The number of aryl methyl sites for hydroxylation is 1. The average molecular weight is 421 g/mol. The normalized spacial score (nSPS) is 16.9. The van der Waals surface area contributed by atoms with Gasteiger partial charge in [-0.05, 0) is 31.2 Å². The SMILES string of the molecule is Cc1ncc(F)cc1-c1cc2c(n3cnnc13)NCc1c(F)ccc3c1[C@@H](CO3)CO2. The molecule has 156 valence electrons. The van der Waals surface area contributed by atoms with Gasteiger partial charge in [0.15, 0.2) is 17.2 Å². The summed E-state index contributed by atoms with van der Waals surface area (Å²) >= 11 is 0. The van der Waals surface area contributed by atoms with Crippen LogP contribution in [0.25, 0.3) is 16.8 Å². The molecule has 0 saturated heterocycles. The number of hydrogen-bond donors (Lipinski definition) is 1. The fourth-order valence-corrected chi connectivity index (χ4v) is 4.36. The molecule has 9 heteroatoms. The monoisotopic (exact) mass is 421 g/mol. The van der Waals surface area contributed by atoms with Crippen molar-refractivity contribution in [1.29, 1.82) is 0 Å². The molecule has 5 heterocycles. The largest absolute Gasteiger partial charge is 0.493 e. The average Bonchev–Trinajstić information content (AvgIpc) is 3.41. The Balaban J connectivity index is 1.54. The van der Waals surface area contributed by atoms with E-state index in [1.54, 1.807) is 29.8 Å². The van der Waals surface area contributed by atoms with Gasteiger partial charge in [0.1, 0.15) is 23.7 Å². The van der Waals surface area contributed by atoms with E-state index < -0.39 is 5.82 Å². The Kier molecular flexibility index (Phi) is 3.86. The third-order valence-electron chi connectivity index (χ3n) is 5.86. The predicted octanol–water partition coefficient (Wildman–Crippen LogP) is 3.86. The smallest absolute Gasteiger partial charge is 0.170 e. The molecule has 0 fully saturated rings. The molecule has 0 amide bonds. The lowest BCUT2D eigenvalue weighted by atomic mass is 9.96. The molecule has 4 aromatic rings. The zero-order valence-corrected chi connectivity index (χ0v) is 16.5. The second-order valence-electron chi connectivity index (χ2n) is 7.69. The van der Waals surface area contributed by atoms with Gasteiger partial charge in [-0.25, -0.2) is 8.78 Å². The molecule has 1 atom stereocenters. The molecular formula is C22H17F2N5O2. The number of fused-ring (bicyclic) bond motifs is 3. The fraction of sp³-hybridized carbons (Fsp3) is 0.227. The van der Waals surface area contributed by atoms with Crippen LogP contribution in [-0.4, -0.2) is 32.8 Å². The Morgan fingerprint density at radius 3 is 2.81 bits per heavy atom. The number of benzene rings is 1. The van der Waals surface area contributed by atoms with Crippen molar-refractivity contribution < 1.29 is 18.3 Å². The highest BCUT2D eigenvalue weighted by Gasteiger charge is 2.31. The van der Waals surface area contributed by atoms with Gasteiger partial charge in [-0.2, -0.15) is 0 Å². The van der Waals surface area contributed by atoms with E-state index in [9.17, 15) is 8.78 Å². The number of hydrogen-bond acceptors (Lipinski definition) is 6. The van der Waals surface area contributed by atoms with Crippen molar-refractivity contribution in [2.75, 3.05) is 18.5 Å². The summed E-state index contributed by atoms with van der Waals surface area (Å²) in [7, 11) is 0. The predicted molar refractivity (Wildman–Crippen MR) is 108 cm³/mol. The summed E-state index contributed by atoms with van der Waals surface area (Å²) in [6, 6.07) is 6.31. The Morgan fingerprint density at radius 2 is 1.94 bits per heavy atom. The van der Waals surface area contributed by atoms with Gasteiger partial charge in [-0.1, -0.05) is 0 Å². The number of nitrogens with zero attached hydrogens (tertiary/aromatic N) is 4. The Labute approximate surface area is 175 Å². The quantitative estimate of drug-likeness (QED) is 0.503. The van der Waals surface area contributed by atoms with E-state index in [2.05, 4.69) is 20.5 Å². The molecule has 0 bridgehead atoms. The van der Waals surface area contributed by atoms with Crippen molar-refractivity contribution >= 4 is 11.5 Å². The standard InChI is InChI=1S/C22H17F2N5O2/c1-11-14(4-13(23)6-25-11)15-5-19-22(29-10-27-28-21(15)29)26-7-16-17(24)2-3-18-20(16)12(8-30-18)9-31-19/h2-6,10,12,26H,7-9H2,1H3/t12-/m0/s1. The number of pyridine rings is 2. The summed E-state index contributed by atoms with van der Waals surface area (Å²) < 4.78 is 42.3. The van der Waals surface area contributed by atoms with Crippen molar-refractivity contribution in [2.45, 2.75) is 19.4 Å². The maximum atomic E-state index is 14.7. The fourth-order valence-electron chi connectivity index (χ4n) is 4.36. The van der Waals surface area contributed by atoms with Gasteiger partial charge < -0.3 is 14.8 Å². The third-order valence-corrected chi connectivity index (χ3v) is 5.86. The lowest BCUT2D eigenvalue weighted by Gasteiger charge is -2.17. The number of aromatic nitrogens is 4. The Morgan fingerprint density at radius 1 is 1.10 bits per heavy atom. The van der Waals surface area contributed by atoms with Gasteiger partial charge in [0.05, 0.1) is 25.3 Å². The van der Waals surface area contributed by atoms with E-state index in [1.165, 1.54) is 18.3 Å². The molecule has 1 aromatic carbocycles. The molecule has 2 aliphatic rings. The zero-order valence-electron chi connectivity index (χ0n) is 16.5. The van der Waals surface area contributed by atoms with Gasteiger partial charge in [-0.15, -0.1) is 10.2 Å². The number of rotatable bonds is 1. The highest BCUT2D eigenvalue weighted by Crippen LogP contribution is 2.42. The highest BCUT2D eigenvalue weighted by atomic mass is 19.1. The summed E-state index contributed by atoms with van der Waals surface area (Å²) in [4.78, 5) is 4.13. The van der Waals surface area contributed by atoms with Crippen molar-refractivity contribution in [2.24, 2.45) is 0 Å². The van der Waals surface area contributed by atoms with E-state index in [1.807, 2.05) is 0 Å². The van der Waals surface area contributed by atoms with E-state index >= 15 is 0 Å². The lowest BCUT2D eigenvalue weighted by molar-refractivity contribution is 0.249. The van der Waals surface area contributed by atoms with E-state index in [-0.39, 0.29) is 18.3 Å². The second-order valence-corrected chi connectivity index (χ2v) is 7.69. The second kappa shape index (κ2) is 6.63. The van der Waals surface area contributed by atoms with Crippen LogP contribution in [0.4, 0.5) is 14.6 Å². The minimum Gasteiger partial charge on any atom is -0.493 e. The van der Waals surface area contributed by atoms with Gasteiger partial charge in [0.25, 0.3) is 0 Å². The van der Waals surface area contributed by atoms with Crippen LogP contribution in [0.2, 0.25) is 0 Å². The Hall–Kier alpha value is -3.75. The molecular weight excluding hydrogens is 404 g/mol. The topological polar surface area (TPSA) is 73.6 Å². The molecule has 0 radical (unpaired) electrons. The zero-order chi connectivity index (χ0) is 21.1. The van der Waals surface area contributed by atoms with Crippen molar-refractivity contribution in [3.05, 3.63) is 65.2 Å². The molecule has 6 rings (SSSR count). The van der Waals surface area contributed by atoms with Crippen LogP contribution in [0.3, 0.4) is 0 Å². The number of nitrogens with one attached hydrogen (secondary N) is 1.